The zero-order valence-electron chi connectivity index (χ0n) is 21.1. The number of aryl methyl sites for hydroxylation is 1. The third-order valence-corrected chi connectivity index (χ3v) is 6.79. The van der Waals surface area contributed by atoms with E-state index in [-0.39, 0.29) is 17.1 Å². The van der Waals surface area contributed by atoms with Crippen LogP contribution in [0.15, 0.2) is 59.9 Å². The fraction of sp³-hybridized carbons (Fsp3) is 0.321. The third-order valence-electron chi connectivity index (χ3n) is 6.79. The molecule has 1 aromatic heterocycles. The average Bonchev–Trinajstić information content (AvgIpc) is 3.26. The molecule has 0 saturated heterocycles. The molecule has 3 aromatic rings. The van der Waals surface area contributed by atoms with Crippen LogP contribution in [0, 0.1) is 12.3 Å². The fourth-order valence-electron chi connectivity index (χ4n) is 5.05. The van der Waals surface area contributed by atoms with Gasteiger partial charge in [0.1, 0.15) is 28.9 Å². The predicted molar refractivity (Wildman–Crippen MR) is 138 cm³/mol. The molecule has 2 N–H and O–H groups in total. The average molecular weight is 487 g/mol. The fourth-order valence-corrected chi connectivity index (χ4v) is 5.05. The van der Waals surface area contributed by atoms with Crippen LogP contribution < -0.4 is 20.1 Å². The van der Waals surface area contributed by atoms with E-state index in [0.29, 0.717) is 47.0 Å². The Morgan fingerprint density at radius 2 is 1.86 bits per heavy atom. The normalized spacial score (nSPS) is 18.1. The Kier molecular flexibility index (Phi) is 5.82. The number of carbonyl (C=O) groups is 2. The SMILES string of the molecule is COc1ccc(OC)c([C@H]2C3=C(CC(C)(C)CC3=O)Nc3c(C(=O)Nc4ccc(C)cc4)cnn32)c1. The summed E-state index contributed by atoms with van der Waals surface area (Å²) < 4.78 is 12.9. The van der Waals surface area contributed by atoms with Gasteiger partial charge in [0.25, 0.3) is 5.91 Å². The Morgan fingerprint density at radius 1 is 1.11 bits per heavy atom. The van der Waals surface area contributed by atoms with Crippen LogP contribution in [0.5, 0.6) is 11.5 Å². The molecule has 1 atom stereocenters. The summed E-state index contributed by atoms with van der Waals surface area (Å²) in [4.78, 5) is 26.8. The summed E-state index contributed by atoms with van der Waals surface area (Å²) in [7, 11) is 3.19. The number of anilines is 2. The topological polar surface area (TPSA) is 94.5 Å². The lowest BCUT2D eigenvalue weighted by Gasteiger charge is -2.39. The van der Waals surface area contributed by atoms with Crippen LogP contribution in [0.3, 0.4) is 0 Å². The molecule has 0 fully saturated rings. The van der Waals surface area contributed by atoms with Crippen LogP contribution in [0.4, 0.5) is 11.5 Å². The summed E-state index contributed by atoms with van der Waals surface area (Å²) in [6.45, 7) is 6.15. The second-order valence-electron chi connectivity index (χ2n) is 10.1. The van der Waals surface area contributed by atoms with Crippen molar-refractivity contribution >= 4 is 23.2 Å². The lowest BCUT2D eigenvalue weighted by Crippen LogP contribution is -2.37. The Labute approximate surface area is 210 Å². The second-order valence-corrected chi connectivity index (χ2v) is 10.1. The molecule has 0 saturated carbocycles. The molecule has 1 aliphatic carbocycles. The lowest BCUT2D eigenvalue weighted by atomic mass is 9.73. The largest absolute Gasteiger partial charge is 0.497 e. The summed E-state index contributed by atoms with van der Waals surface area (Å²) in [5.74, 6) is 1.56. The molecule has 186 valence electrons. The van der Waals surface area contributed by atoms with E-state index in [1.165, 1.54) is 0 Å². The number of ether oxygens (including phenoxy) is 2. The molecule has 0 radical (unpaired) electrons. The number of methoxy groups -OCH3 is 2. The number of amides is 1. The number of aromatic nitrogens is 2. The van der Waals surface area contributed by atoms with Gasteiger partial charge in [-0.1, -0.05) is 31.5 Å². The lowest BCUT2D eigenvalue weighted by molar-refractivity contribution is -0.118. The van der Waals surface area contributed by atoms with Crippen LogP contribution in [0.2, 0.25) is 0 Å². The molecule has 2 aliphatic rings. The molecule has 5 rings (SSSR count). The maximum absolute atomic E-state index is 13.5. The van der Waals surface area contributed by atoms with E-state index in [0.717, 1.165) is 16.8 Å². The molecule has 8 nitrogen and oxygen atoms in total. The summed E-state index contributed by atoms with van der Waals surface area (Å²) in [5.41, 5.74) is 4.18. The molecule has 0 bridgehead atoms. The van der Waals surface area contributed by atoms with Gasteiger partial charge in [0.05, 0.1) is 20.4 Å². The van der Waals surface area contributed by atoms with Gasteiger partial charge in [-0.3, -0.25) is 9.59 Å². The van der Waals surface area contributed by atoms with Crippen LogP contribution in [0.25, 0.3) is 0 Å². The zero-order valence-corrected chi connectivity index (χ0v) is 21.1. The van der Waals surface area contributed by atoms with Gasteiger partial charge in [-0.15, -0.1) is 0 Å². The minimum absolute atomic E-state index is 0.0513. The number of fused-ring (bicyclic) bond motifs is 1. The Bertz CT molecular complexity index is 1390. The predicted octanol–water partition coefficient (Wildman–Crippen LogP) is 5.12. The van der Waals surface area contributed by atoms with Crippen LogP contribution >= 0.6 is 0 Å². The Hall–Kier alpha value is -4.07. The number of nitrogens with zero attached hydrogens (tertiary/aromatic N) is 2. The van der Waals surface area contributed by atoms with E-state index >= 15 is 0 Å². The molecule has 0 spiro atoms. The van der Waals surface area contributed by atoms with Crippen molar-refractivity contribution in [2.24, 2.45) is 5.41 Å². The quantitative estimate of drug-likeness (QED) is 0.520. The highest BCUT2D eigenvalue weighted by Crippen LogP contribution is 2.48. The number of ketones is 1. The second kappa shape index (κ2) is 8.86. The first kappa shape index (κ1) is 23.7. The van der Waals surface area contributed by atoms with Gasteiger partial charge in [-0.05, 0) is 49.1 Å². The number of rotatable bonds is 5. The number of hydrogen-bond acceptors (Lipinski definition) is 6. The smallest absolute Gasteiger partial charge is 0.261 e. The van der Waals surface area contributed by atoms with Gasteiger partial charge in [0.15, 0.2) is 5.78 Å². The summed E-state index contributed by atoms with van der Waals surface area (Å²) >= 11 is 0. The van der Waals surface area contributed by atoms with Gasteiger partial charge >= 0.3 is 0 Å². The highest BCUT2D eigenvalue weighted by Gasteiger charge is 2.43. The highest BCUT2D eigenvalue weighted by molar-refractivity contribution is 6.08. The van der Waals surface area contributed by atoms with Crippen molar-refractivity contribution < 1.29 is 19.1 Å². The number of Topliss-reactive ketones (excluding diaryl/α,β-unsaturated/α-hetero) is 1. The maximum Gasteiger partial charge on any atom is 0.261 e. The van der Waals surface area contributed by atoms with Gasteiger partial charge in [0, 0.05) is 28.9 Å². The first-order chi connectivity index (χ1) is 17.2. The van der Waals surface area contributed by atoms with Crippen molar-refractivity contribution in [3.05, 3.63) is 76.6 Å². The zero-order chi connectivity index (χ0) is 25.6. The van der Waals surface area contributed by atoms with E-state index in [4.69, 9.17) is 9.47 Å². The molecule has 2 heterocycles. The van der Waals surface area contributed by atoms with Crippen molar-refractivity contribution in [1.82, 2.24) is 9.78 Å². The molecule has 0 unspecified atom stereocenters. The van der Waals surface area contributed by atoms with Crippen molar-refractivity contribution in [3.8, 4) is 11.5 Å². The number of allylic oxidation sites excluding steroid dienone is 2. The molecule has 2 aromatic carbocycles. The van der Waals surface area contributed by atoms with E-state index in [1.54, 1.807) is 25.1 Å². The van der Waals surface area contributed by atoms with Crippen molar-refractivity contribution in [2.75, 3.05) is 24.9 Å². The monoisotopic (exact) mass is 486 g/mol. The molecular weight excluding hydrogens is 456 g/mol. The number of benzene rings is 2. The van der Waals surface area contributed by atoms with E-state index in [9.17, 15) is 9.59 Å². The van der Waals surface area contributed by atoms with E-state index in [1.807, 2.05) is 49.4 Å². The van der Waals surface area contributed by atoms with Crippen molar-refractivity contribution in [3.63, 3.8) is 0 Å². The summed E-state index contributed by atoms with van der Waals surface area (Å²) in [6, 6.07) is 12.6. The summed E-state index contributed by atoms with van der Waals surface area (Å²) in [5, 5.41) is 11.0. The Morgan fingerprint density at radius 3 is 2.56 bits per heavy atom. The maximum atomic E-state index is 13.5. The van der Waals surface area contributed by atoms with E-state index < -0.39 is 6.04 Å². The molecule has 36 heavy (non-hydrogen) atoms. The Balaban J connectivity index is 1.64. The standard InChI is InChI=1S/C28H30N4O4/c1-16-6-8-17(9-7-16)30-27(34)20-15-29-32-25(19-12-18(35-4)10-11-23(19)36-5)24-21(31-26(20)32)13-28(2,3)14-22(24)33/h6-12,15,25,31H,13-14H2,1-5H3,(H,30,34)/t25-/m0/s1. The minimum Gasteiger partial charge on any atom is -0.497 e. The summed E-state index contributed by atoms with van der Waals surface area (Å²) in [6.07, 6.45) is 2.63. The van der Waals surface area contributed by atoms with Gasteiger partial charge in [0.2, 0.25) is 0 Å². The first-order valence-corrected chi connectivity index (χ1v) is 11.9. The number of hydrogen-bond donors (Lipinski definition) is 2. The van der Waals surface area contributed by atoms with Crippen molar-refractivity contribution in [1.29, 1.82) is 0 Å². The first-order valence-electron chi connectivity index (χ1n) is 11.9. The third kappa shape index (κ3) is 4.12. The molecule has 1 aliphatic heterocycles. The van der Waals surface area contributed by atoms with Crippen LogP contribution in [-0.4, -0.2) is 35.7 Å². The van der Waals surface area contributed by atoms with Gasteiger partial charge in [-0.25, -0.2) is 4.68 Å². The highest BCUT2D eigenvalue weighted by atomic mass is 16.5. The number of carbonyl (C=O) groups excluding carboxylic acids is 2. The number of nitrogens with one attached hydrogen (secondary N) is 2. The van der Waals surface area contributed by atoms with Crippen LogP contribution in [-0.2, 0) is 4.79 Å². The molecule has 8 heteroatoms. The van der Waals surface area contributed by atoms with Gasteiger partial charge < -0.3 is 20.1 Å². The molecular formula is C28H30N4O4. The van der Waals surface area contributed by atoms with Crippen molar-refractivity contribution in [2.45, 2.75) is 39.7 Å². The van der Waals surface area contributed by atoms with E-state index in [2.05, 4.69) is 29.6 Å². The van der Waals surface area contributed by atoms with Gasteiger partial charge in [-0.2, -0.15) is 5.10 Å². The minimum atomic E-state index is -0.564. The van der Waals surface area contributed by atoms with Crippen LogP contribution in [0.1, 0.15) is 54.2 Å². The molecule has 1 amide bonds.